The molecule has 1 aromatic carbocycles. The molecule has 20 heavy (non-hydrogen) atoms. The molecule has 1 aliphatic rings. The van der Waals surface area contributed by atoms with Crippen LogP contribution in [0.2, 0.25) is 0 Å². The van der Waals surface area contributed by atoms with Crippen molar-refractivity contribution in [2.75, 3.05) is 0 Å². The number of rotatable bonds is 5. The Kier molecular flexibility index (Phi) is 3.97. The third-order valence-electron chi connectivity index (χ3n) is 3.57. The van der Waals surface area contributed by atoms with Gasteiger partial charge in [0.25, 0.3) is 5.69 Å². The summed E-state index contributed by atoms with van der Waals surface area (Å²) >= 11 is 0. The predicted octanol–water partition coefficient (Wildman–Crippen LogP) is 1.32. The second-order valence-electron chi connectivity index (χ2n) is 4.73. The van der Waals surface area contributed by atoms with Gasteiger partial charge in [0.05, 0.1) is 16.8 Å². The zero-order chi connectivity index (χ0) is 14.7. The Labute approximate surface area is 114 Å². The Morgan fingerprint density at radius 3 is 2.50 bits per heavy atom. The summed E-state index contributed by atoms with van der Waals surface area (Å²) < 4.78 is 0. The van der Waals surface area contributed by atoms with Gasteiger partial charge in [-0.05, 0) is 12.8 Å². The third kappa shape index (κ3) is 2.76. The van der Waals surface area contributed by atoms with E-state index in [1.807, 2.05) is 0 Å². The number of para-hydroxylation sites is 1. The van der Waals surface area contributed by atoms with E-state index in [1.54, 1.807) is 18.2 Å². The summed E-state index contributed by atoms with van der Waals surface area (Å²) in [6.07, 6.45) is 1.04. The maximum absolute atomic E-state index is 11.9. The lowest BCUT2D eigenvalue weighted by Crippen LogP contribution is -2.43. The van der Waals surface area contributed by atoms with Gasteiger partial charge in [-0.1, -0.05) is 18.2 Å². The summed E-state index contributed by atoms with van der Waals surface area (Å²) in [4.78, 5) is 33.0. The van der Waals surface area contributed by atoms with Crippen LogP contribution in [-0.4, -0.2) is 21.9 Å². The standard InChI is InChI=1S/C13H14N2O5/c16-12(9-5-6-10(9)13(17)18)14-7-8-3-1-2-4-11(8)15(19)20/h1-4,9-10H,5-7H2,(H,14,16)(H,17,18). The zero-order valence-corrected chi connectivity index (χ0v) is 10.6. The highest BCUT2D eigenvalue weighted by atomic mass is 16.6. The molecule has 1 aromatic rings. The van der Waals surface area contributed by atoms with Crippen molar-refractivity contribution in [2.24, 2.45) is 11.8 Å². The van der Waals surface area contributed by atoms with Crippen LogP contribution in [0.4, 0.5) is 5.69 Å². The molecule has 0 aliphatic heterocycles. The molecule has 106 valence electrons. The smallest absolute Gasteiger partial charge is 0.307 e. The fourth-order valence-electron chi connectivity index (χ4n) is 2.26. The number of nitrogens with one attached hydrogen (secondary N) is 1. The topological polar surface area (TPSA) is 110 Å². The fourth-order valence-corrected chi connectivity index (χ4v) is 2.26. The van der Waals surface area contributed by atoms with E-state index in [0.29, 0.717) is 18.4 Å². The van der Waals surface area contributed by atoms with Crippen molar-refractivity contribution in [2.45, 2.75) is 19.4 Å². The number of nitrogens with zero attached hydrogens (tertiary/aromatic N) is 1. The highest BCUT2D eigenvalue weighted by Crippen LogP contribution is 2.34. The van der Waals surface area contributed by atoms with Gasteiger partial charge in [0.2, 0.25) is 5.91 Å². The van der Waals surface area contributed by atoms with Crippen LogP contribution >= 0.6 is 0 Å². The average Bonchev–Trinajstić information content (AvgIpc) is 2.34. The number of amides is 1. The molecule has 1 amide bonds. The largest absolute Gasteiger partial charge is 0.481 e. The van der Waals surface area contributed by atoms with Gasteiger partial charge < -0.3 is 10.4 Å². The number of hydrogen-bond donors (Lipinski definition) is 2. The molecule has 2 rings (SSSR count). The normalized spacial score (nSPS) is 20.8. The fraction of sp³-hybridized carbons (Fsp3) is 0.385. The van der Waals surface area contributed by atoms with Crippen LogP contribution < -0.4 is 5.32 Å². The average molecular weight is 278 g/mol. The number of carbonyl (C=O) groups excluding carboxylic acids is 1. The Bertz CT molecular complexity index is 557. The van der Waals surface area contributed by atoms with Crippen molar-refractivity contribution in [3.8, 4) is 0 Å². The number of carboxylic acids is 1. The quantitative estimate of drug-likeness (QED) is 0.623. The monoisotopic (exact) mass is 278 g/mol. The van der Waals surface area contributed by atoms with Gasteiger partial charge in [-0.2, -0.15) is 0 Å². The van der Waals surface area contributed by atoms with Crippen molar-refractivity contribution in [1.82, 2.24) is 5.32 Å². The van der Waals surface area contributed by atoms with E-state index in [4.69, 9.17) is 5.11 Å². The first-order chi connectivity index (χ1) is 9.50. The number of carboxylic acid groups (broad SMARTS) is 1. The van der Waals surface area contributed by atoms with Gasteiger partial charge in [0.15, 0.2) is 0 Å². The number of carbonyl (C=O) groups is 2. The Morgan fingerprint density at radius 2 is 1.95 bits per heavy atom. The highest BCUT2D eigenvalue weighted by Gasteiger charge is 2.41. The lowest BCUT2D eigenvalue weighted by molar-refractivity contribution is -0.385. The van der Waals surface area contributed by atoms with E-state index >= 15 is 0 Å². The highest BCUT2D eigenvalue weighted by molar-refractivity contribution is 5.86. The van der Waals surface area contributed by atoms with E-state index < -0.39 is 22.7 Å². The van der Waals surface area contributed by atoms with Crippen molar-refractivity contribution < 1.29 is 19.6 Å². The van der Waals surface area contributed by atoms with Crippen LogP contribution in [0, 0.1) is 22.0 Å². The number of hydrogen-bond acceptors (Lipinski definition) is 4. The van der Waals surface area contributed by atoms with E-state index in [1.165, 1.54) is 6.07 Å². The second kappa shape index (κ2) is 5.68. The third-order valence-corrected chi connectivity index (χ3v) is 3.57. The van der Waals surface area contributed by atoms with Gasteiger partial charge in [0.1, 0.15) is 0 Å². The summed E-state index contributed by atoms with van der Waals surface area (Å²) in [6.45, 7) is 0.0266. The van der Waals surface area contributed by atoms with E-state index in [0.717, 1.165) is 0 Å². The van der Waals surface area contributed by atoms with Crippen LogP contribution in [0.1, 0.15) is 18.4 Å². The van der Waals surface area contributed by atoms with Gasteiger partial charge in [0, 0.05) is 18.2 Å². The number of aliphatic carboxylic acids is 1. The molecule has 0 saturated heterocycles. The van der Waals surface area contributed by atoms with Gasteiger partial charge in [-0.25, -0.2) is 0 Å². The van der Waals surface area contributed by atoms with Crippen LogP contribution in [0.25, 0.3) is 0 Å². The number of nitro groups is 1. The molecule has 7 heteroatoms. The first kappa shape index (κ1) is 14.0. The predicted molar refractivity (Wildman–Crippen MR) is 68.8 cm³/mol. The van der Waals surface area contributed by atoms with Crippen LogP contribution in [0.5, 0.6) is 0 Å². The molecule has 2 unspecified atom stereocenters. The van der Waals surface area contributed by atoms with Crippen molar-refractivity contribution in [3.63, 3.8) is 0 Å². The maximum Gasteiger partial charge on any atom is 0.307 e. The minimum absolute atomic E-state index is 0.0266. The van der Waals surface area contributed by atoms with Crippen molar-refractivity contribution in [3.05, 3.63) is 39.9 Å². The van der Waals surface area contributed by atoms with Crippen LogP contribution in [0.3, 0.4) is 0 Å². The molecular weight excluding hydrogens is 264 g/mol. The molecule has 0 radical (unpaired) electrons. The maximum atomic E-state index is 11.9. The SMILES string of the molecule is O=C(O)C1CCC1C(=O)NCc1ccccc1[N+](=O)[O-]. The van der Waals surface area contributed by atoms with Crippen molar-refractivity contribution >= 4 is 17.6 Å². The van der Waals surface area contributed by atoms with Gasteiger partial charge in [-0.3, -0.25) is 19.7 Å². The van der Waals surface area contributed by atoms with E-state index in [9.17, 15) is 19.7 Å². The summed E-state index contributed by atoms with van der Waals surface area (Å²) in [5, 5.41) is 22.3. The first-order valence-corrected chi connectivity index (χ1v) is 6.23. The molecule has 1 aliphatic carbocycles. The summed E-state index contributed by atoms with van der Waals surface area (Å²) in [5.74, 6) is -2.50. The summed E-state index contributed by atoms with van der Waals surface area (Å²) in [6, 6.07) is 6.13. The van der Waals surface area contributed by atoms with Crippen LogP contribution in [0.15, 0.2) is 24.3 Å². The minimum Gasteiger partial charge on any atom is -0.481 e. The molecule has 7 nitrogen and oxygen atoms in total. The number of nitro benzene ring substituents is 1. The lowest BCUT2D eigenvalue weighted by atomic mass is 9.73. The molecule has 0 heterocycles. The molecule has 2 N–H and O–H groups in total. The van der Waals surface area contributed by atoms with Crippen molar-refractivity contribution in [1.29, 1.82) is 0 Å². The summed E-state index contributed by atoms with van der Waals surface area (Å²) in [7, 11) is 0. The molecule has 1 saturated carbocycles. The lowest BCUT2D eigenvalue weighted by Gasteiger charge is -2.31. The van der Waals surface area contributed by atoms with Gasteiger partial charge in [-0.15, -0.1) is 0 Å². The molecule has 1 fully saturated rings. The molecular formula is C13H14N2O5. The van der Waals surface area contributed by atoms with Gasteiger partial charge >= 0.3 is 5.97 Å². The van der Waals surface area contributed by atoms with E-state index in [-0.39, 0.29) is 18.1 Å². The second-order valence-corrected chi connectivity index (χ2v) is 4.73. The Morgan fingerprint density at radius 1 is 1.30 bits per heavy atom. The number of benzene rings is 1. The minimum atomic E-state index is -0.970. The molecule has 0 spiro atoms. The first-order valence-electron chi connectivity index (χ1n) is 6.23. The zero-order valence-electron chi connectivity index (χ0n) is 10.6. The Balaban J connectivity index is 1.97. The molecule has 2 atom stereocenters. The molecule has 0 aromatic heterocycles. The Hall–Kier alpha value is -2.44. The van der Waals surface area contributed by atoms with Crippen LogP contribution in [-0.2, 0) is 16.1 Å². The molecule has 0 bridgehead atoms. The van der Waals surface area contributed by atoms with E-state index in [2.05, 4.69) is 5.32 Å². The summed E-state index contributed by atoms with van der Waals surface area (Å²) in [5.41, 5.74) is 0.341.